The molecule has 0 saturated carbocycles. The fraction of sp³-hybridized carbons (Fsp3) is 0.462. The lowest BCUT2D eigenvalue weighted by Gasteiger charge is -2.33. The van der Waals surface area contributed by atoms with Crippen molar-refractivity contribution in [3.63, 3.8) is 0 Å². The second kappa shape index (κ2) is 5.71. The van der Waals surface area contributed by atoms with Gasteiger partial charge < -0.3 is 4.90 Å². The smallest absolute Gasteiger partial charge is 0.219 e. The van der Waals surface area contributed by atoms with Gasteiger partial charge in [-0.3, -0.25) is 4.79 Å². The molecule has 1 aromatic rings. The van der Waals surface area contributed by atoms with Crippen LogP contribution in [0.1, 0.15) is 12.5 Å². The molecule has 0 N–H and O–H groups in total. The van der Waals surface area contributed by atoms with E-state index in [1.54, 1.807) is 4.90 Å². The van der Waals surface area contributed by atoms with Crippen molar-refractivity contribution in [2.75, 3.05) is 26.2 Å². The largest absolute Gasteiger partial charge is 0.340 e. The zero-order chi connectivity index (χ0) is 13.9. The van der Waals surface area contributed by atoms with Gasteiger partial charge in [0.1, 0.15) is 0 Å². The van der Waals surface area contributed by atoms with Crippen LogP contribution in [0.5, 0.6) is 0 Å². The van der Waals surface area contributed by atoms with E-state index < -0.39 is 10.0 Å². The maximum Gasteiger partial charge on any atom is 0.219 e. The number of sulfonamides is 1. The number of hydrogen-bond donors (Lipinski definition) is 0. The first-order chi connectivity index (χ1) is 8.99. The topological polar surface area (TPSA) is 57.7 Å². The third-order valence-electron chi connectivity index (χ3n) is 3.27. The zero-order valence-corrected chi connectivity index (χ0v) is 11.8. The molecule has 0 aromatic heterocycles. The summed E-state index contributed by atoms with van der Waals surface area (Å²) in [5.41, 5.74) is 0.788. The number of hydrogen-bond acceptors (Lipinski definition) is 3. The summed E-state index contributed by atoms with van der Waals surface area (Å²) in [5, 5.41) is 0. The number of rotatable bonds is 3. The summed E-state index contributed by atoms with van der Waals surface area (Å²) in [6.07, 6.45) is 0. The summed E-state index contributed by atoms with van der Waals surface area (Å²) < 4.78 is 26.0. The van der Waals surface area contributed by atoms with Crippen molar-refractivity contribution >= 4 is 15.9 Å². The minimum Gasteiger partial charge on any atom is -0.340 e. The van der Waals surface area contributed by atoms with Crippen molar-refractivity contribution in [2.45, 2.75) is 12.7 Å². The maximum absolute atomic E-state index is 12.3. The number of nitrogens with zero attached hydrogens (tertiary/aromatic N) is 2. The van der Waals surface area contributed by atoms with Gasteiger partial charge in [0, 0.05) is 33.1 Å². The molecule has 1 aliphatic rings. The standard InChI is InChI=1S/C13H18N2O3S/c1-12(16)14-7-9-15(10-8-14)19(17,18)11-13-5-3-2-4-6-13/h2-6H,7-11H2,1H3. The molecular weight excluding hydrogens is 264 g/mol. The van der Waals surface area contributed by atoms with Gasteiger partial charge in [-0.2, -0.15) is 4.31 Å². The van der Waals surface area contributed by atoms with Crippen LogP contribution in [0.25, 0.3) is 0 Å². The molecule has 0 spiro atoms. The number of carbonyl (C=O) groups is 1. The maximum atomic E-state index is 12.3. The second-order valence-electron chi connectivity index (χ2n) is 4.65. The van der Waals surface area contributed by atoms with E-state index in [9.17, 15) is 13.2 Å². The summed E-state index contributed by atoms with van der Waals surface area (Å²) in [5.74, 6) is 0.0218. The van der Waals surface area contributed by atoms with Crippen LogP contribution in [-0.4, -0.2) is 49.7 Å². The van der Waals surface area contributed by atoms with Gasteiger partial charge in [0.05, 0.1) is 5.75 Å². The minimum atomic E-state index is -3.29. The summed E-state index contributed by atoms with van der Waals surface area (Å²) in [6.45, 7) is 3.23. The van der Waals surface area contributed by atoms with Gasteiger partial charge in [-0.15, -0.1) is 0 Å². The lowest BCUT2D eigenvalue weighted by Crippen LogP contribution is -2.50. The highest BCUT2D eigenvalue weighted by Gasteiger charge is 2.27. The third kappa shape index (κ3) is 3.54. The Bertz CT molecular complexity index is 534. The Morgan fingerprint density at radius 1 is 1.11 bits per heavy atom. The van der Waals surface area contributed by atoms with E-state index in [1.807, 2.05) is 30.3 Å². The summed E-state index contributed by atoms with van der Waals surface area (Å²) in [4.78, 5) is 12.9. The molecule has 1 amide bonds. The molecule has 0 atom stereocenters. The van der Waals surface area contributed by atoms with E-state index in [1.165, 1.54) is 11.2 Å². The van der Waals surface area contributed by atoms with E-state index in [-0.39, 0.29) is 11.7 Å². The number of benzene rings is 1. The lowest BCUT2D eigenvalue weighted by molar-refractivity contribution is -0.129. The molecule has 1 fully saturated rings. The van der Waals surface area contributed by atoms with Gasteiger partial charge in [0.15, 0.2) is 0 Å². The summed E-state index contributed by atoms with van der Waals surface area (Å²) >= 11 is 0. The van der Waals surface area contributed by atoms with E-state index >= 15 is 0 Å². The fourth-order valence-corrected chi connectivity index (χ4v) is 3.67. The van der Waals surface area contributed by atoms with Crippen molar-refractivity contribution in [3.8, 4) is 0 Å². The Balaban J connectivity index is 2.00. The molecule has 2 rings (SSSR count). The highest BCUT2D eigenvalue weighted by Crippen LogP contribution is 2.13. The van der Waals surface area contributed by atoms with Crippen LogP contribution in [0.4, 0.5) is 0 Å². The van der Waals surface area contributed by atoms with Gasteiger partial charge in [-0.25, -0.2) is 8.42 Å². The number of piperazine rings is 1. The van der Waals surface area contributed by atoms with Crippen LogP contribution in [0, 0.1) is 0 Å². The molecule has 5 nitrogen and oxygen atoms in total. The Morgan fingerprint density at radius 2 is 1.68 bits per heavy atom. The van der Waals surface area contributed by atoms with Crippen LogP contribution in [0.15, 0.2) is 30.3 Å². The molecule has 1 saturated heterocycles. The molecule has 0 radical (unpaired) electrons. The fourth-order valence-electron chi connectivity index (χ4n) is 2.16. The molecule has 0 aliphatic carbocycles. The van der Waals surface area contributed by atoms with E-state index in [4.69, 9.17) is 0 Å². The van der Waals surface area contributed by atoms with Crippen LogP contribution < -0.4 is 0 Å². The predicted octanol–water partition coefficient (Wildman–Crippen LogP) is 0.680. The zero-order valence-electron chi connectivity index (χ0n) is 10.9. The molecule has 1 aliphatic heterocycles. The van der Waals surface area contributed by atoms with Crippen molar-refractivity contribution in [1.82, 2.24) is 9.21 Å². The Morgan fingerprint density at radius 3 is 2.21 bits per heavy atom. The Labute approximate surface area is 113 Å². The first-order valence-corrected chi connectivity index (χ1v) is 7.87. The van der Waals surface area contributed by atoms with Crippen molar-refractivity contribution in [2.24, 2.45) is 0 Å². The normalized spacial score (nSPS) is 17.4. The molecule has 1 aromatic carbocycles. The molecule has 19 heavy (non-hydrogen) atoms. The van der Waals surface area contributed by atoms with Gasteiger partial charge in [0.2, 0.25) is 15.9 Å². The number of carbonyl (C=O) groups excluding carboxylic acids is 1. The molecule has 0 unspecified atom stereocenters. The average molecular weight is 282 g/mol. The van der Waals surface area contributed by atoms with Crippen molar-refractivity contribution in [1.29, 1.82) is 0 Å². The average Bonchev–Trinajstić information content (AvgIpc) is 2.39. The highest BCUT2D eigenvalue weighted by atomic mass is 32.2. The van der Waals surface area contributed by atoms with E-state index in [2.05, 4.69) is 0 Å². The van der Waals surface area contributed by atoms with Crippen LogP contribution >= 0.6 is 0 Å². The second-order valence-corrected chi connectivity index (χ2v) is 6.62. The molecule has 104 valence electrons. The van der Waals surface area contributed by atoms with Crippen molar-refractivity contribution < 1.29 is 13.2 Å². The lowest BCUT2D eigenvalue weighted by atomic mass is 10.2. The van der Waals surface area contributed by atoms with Gasteiger partial charge in [-0.1, -0.05) is 30.3 Å². The Kier molecular flexibility index (Phi) is 4.21. The SMILES string of the molecule is CC(=O)N1CCN(S(=O)(=O)Cc2ccccc2)CC1. The highest BCUT2D eigenvalue weighted by molar-refractivity contribution is 7.88. The van der Waals surface area contributed by atoms with Gasteiger partial charge in [0.25, 0.3) is 0 Å². The van der Waals surface area contributed by atoms with Crippen molar-refractivity contribution in [3.05, 3.63) is 35.9 Å². The third-order valence-corrected chi connectivity index (χ3v) is 5.12. The van der Waals surface area contributed by atoms with E-state index in [0.717, 1.165) is 5.56 Å². The first-order valence-electron chi connectivity index (χ1n) is 6.26. The van der Waals surface area contributed by atoms with E-state index in [0.29, 0.717) is 26.2 Å². The molecular formula is C13H18N2O3S. The molecule has 6 heteroatoms. The quantitative estimate of drug-likeness (QED) is 0.819. The van der Waals surface area contributed by atoms with Gasteiger partial charge >= 0.3 is 0 Å². The Hall–Kier alpha value is -1.40. The molecule has 0 bridgehead atoms. The monoisotopic (exact) mass is 282 g/mol. The summed E-state index contributed by atoms with van der Waals surface area (Å²) in [6, 6.07) is 9.14. The molecule has 1 heterocycles. The minimum absolute atomic E-state index is 0.0000994. The van der Waals surface area contributed by atoms with Crippen LogP contribution in [0.2, 0.25) is 0 Å². The van der Waals surface area contributed by atoms with Crippen LogP contribution in [-0.2, 0) is 20.6 Å². The first kappa shape index (κ1) is 14.0. The van der Waals surface area contributed by atoms with Crippen LogP contribution in [0.3, 0.4) is 0 Å². The summed E-state index contributed by atoms with van der Waals surface area (Å²) in [7, 11) is -3.29. The van der Waals surface area contributed by atoms with Gasteiger partial charge in [-0.05, 0) is 5.56 Å². The predicted molar refractivity (Wildman–Crippen MR) is 72.9 cm³/mol. The number of amides is 1.